The normalized spacial score (nSPS) is 15.0. The van der Waals surface area contributed by atoms with Crippen LogP contribution in [-0.2, 0) is 11.3 Å². The Morgan fingerprint density at radius 3 is 2.53 bits per heavy atom. The zero-order valence-corrected chi connectivity index (χ0v) is 18.0. The molecular formula is C25H25N3O4. The van der Waals surface area contributed by atoms with Crippen molar-refractivity contribution in [3.8, 4) is 11.5 Å². The molecule has 1 unspecified atom stereocenters. The zero-order valence-electron chi connectivity index (χ0n) is 18.0. The van der Waals surface area contributed by atoms with Gasteiger partial charge in [-0.1, -0.05) is 48.0 Å². The SMILES string of the molecule is COc1cc(C2Nc3ccccc3C(=O)N2Cc2ccc(C)cc2)ccc1OCC(N)=O. The highest BCUT2D eigenvalue weighted by Crippen LogP contribution is 2.37. The maximum Gasteiger partial charge on any atom is 0.258 e. The van der Waals surface area contributed by atoms with E-state index < -0.39 is 12.1 Å². The fourth-order valence-corrected chi connectivity index (χ4v) is 3.73. The average molecular weight is 431 g/mol. The van der Waals surface area contributed by atoms with Gasteiger partial charge >= 0.3 is 0 Å². The van der Waals surface area contributed by atoms with Gasteiger partial charge in [-0.2, -0.15) is 0 Å². The summed E-state index contributed by atoms with van der Waals surface area (Å²) in [6.45, 7) is 2.22. The summed E-state index contributed by atoms with van der Waals surface area (Å²) in [6.07, 6.45) is -0.419. The van der Waals surface area contributed by atoms with Crippen LogP contribution in [0.4, 0.5) is 5.69 Å². The van der Waals surface area contributed by atoms with Crippen LogP contribution in [0.5, 0.6) is 11.5 Å². The Morgan fingerprint density at radius 2 is 1.81 bits per heavy atom. The number of primary amides is 1. The lowest BCUT2D eigenvalue weighted by molar-refractivity contribution is -0.119. The Hall–Kier alpha value is -4.00. The van der Waals surface area contributed by atoms with Gasteiger partial charge in [-0.15, -0.1) is 0 Å². The summed E-state index contributed by atoms with van der Waals surface area (Å²) in [5.74, 6) is 0.226. The number of nitrogens with two attached hydrogens (primary N) is 1. The molecule has 4 rings (SSSR count). The minimum Gasteiger partial charge on any atom is -0.493 e. The summed E-state index contributed by atoms with van der Waals surface area (Å²) in [5, 5.41) is 3.48. The molecule has 3 N–H and O–H groups in total. The molecule has 3 aromatic carbocycles. The van der Waals surface area contributed by atoms with E-state index in [1.807, 2.05) is 61.5 Å². The number of amides is 2. The third-order valence-electron chi connectivity index (χ3n) is 5.37. The minimum atomic E-state index is -0.573. The van der Waals surface area contributed by atoms with Crippen LogP contribution in [0.25, 0.3) is 0 Å². The van der Waals surface area contributed by atoms with Crippen LogP contribution >= 0.6 is 0 Å². The number of anilines is 1. The summed E-state index contributed by atoms with van der Waals surface area (Å²) in [7, 11) is 1.52. The van der Waals surface area contributed by atoms with Crippen molar-refractivity contribution in [2.24, 2.45) is 5.73 Å². The van der Waals surface area contributed by atoms with Crippen LogP contribution in [0, 0.1) is 6.92 Å². The second-order valence-electron chi connectivity index (χ2n) is 7.68. The molecule has 164 valence electrons. The van der Waals surface area contributed by atoms with Crippen LogP contribution in [0.1, 0.15) is 33.2 Å². The number of nitrogens with zero attached hydrogens (tertiary/aromatic N) is 1. The van der Waals surface area contributed by atoms with Crippen molar-refractivity contribution in [2.45, 2.75) is 19.6 Å². The van der Waals surface area contributed by atoms with Gasteiger partial charge in [0.25, 0.3) is 11.8 Å². The number of aryl methyl sites for hydroxylation is 1. The lowest BCUT2D eigenvalue weighted by Crippen LogP contribution is -2.42. The van der Waals surface area contributed by atoms with E-state index >= 15 is 0 Å². The Balaban J connectivity index is 1.71. The maximum absolute atomic E-state index is 13.4. The van der Waals surface area contributed by atoms with Crippen molar-refractivity contribution < 1.29 is 19.1 Å². The summed E-state index contributed by atoms with van der Waals surface area (Å²) in [5.41, 5.74) is 9.60. The van der Waals surface area contributed by atoms with Crippen molar-refractivity contribution in [3.63, 3.8) is 0 Å². The number of nitrogens with one attached hydrogen (secondary N) is 1. The Kier molecular flexibility index (Phi) is 5.98. The molecule has 2 amide bonds. The lowest BCUT2D eigenvalue weighted by Gasteiger charge is -2.38. The zero-order chi connectivity index (χ0) is 22.7. The monoisotopic (exact) mass is 431 g/mol. The van der Waals surface area contributed by atoms with Gasteiger partial charge in [-0.3, -0.25) is 9.59 Å². The molecule has 1 aliphatic rings. The van der Waals surface area contributed by atoms with Crippen molar-refractivity contribution in [2.75, 3.05) is 19.0 Å². The molecule has 7 heteroatoms. The van der Waals surface area contributed by atoms with Crippen LogP contribution in [0.3, 0.4) is 0 Å². The largest absolute Gasteiger partial charge is 0.493 e. The van der Waals surface area contributed by atoms with Gasteiger partial charge in [0.1, 0.15) is 6.17 Å². The Morgan fingerprint density at radius 1 is 1.06 bits per heavy atom. The molecule has 7 nitrogen and oxygen atoms in total. The fourth-order valence-electron chi connectivity index (χ4n) is 3.73. The first kappa shape index (κ1) is 21.2. The first-order valence-electron chi connectivity index (χ1n) is 10.3. The third kappa shape index (κ3) is 4.37. The molecule has 1 aliphatic heterocycles. The molecule has 0 spiro atoms. The number of carbonyl (C=O) groups excluding carboxylic acids is 2. The Bertz CT molecular complexity index is 1140. The van der Waals surface area contributed by atoms with E-state index in [1.54, 1.807) is 17.0 Å². The highest BCUT2D eigenvalue weighted by Gasteiger charge is 2.33. The highest BCUT2D eigenvalue weighted by molar-refractivity contribution is 6.01. The molecular weight excluding hydrogens is 406 g/mol. The van der Waals surface area contributed by atoms with Crippen molar-refractivity contribution in [3.05, 3.63) is 89.0 Å². The number of para-hydroxylation sites is 1. The minimum absolute atomic E-state index is 0.0575. The standard InChI is InChI=1S/C25H25N3O4/c1-16-7-9-17(10-8-16)14-28-24(27-20-6-4-3-5-19(20)25(28)30)18-11-12-21(22(13-18)31-2)32-15-23(26)29/h3-13,24,27H,14-15H2,1-2H3,(H2,26,29). The third-order valence-corrected chi connectivity index (χ3v) is 5.37. The topological polar surface area (TPSA) is 93.9 Å². The second kappa shape index (κ2) is 9.01. The summed E-state index contributed by atoms with van der Waals surface area (Å²) in [4.78, 5) is 26.3. The van der Waals surface area contributed by atoms with Gasteiger partial charge in [0, 0.05) is 12.2 Å². The van der Waals surface area contributed by atoms with Gasteiger partial charge in [-0.05, 0) is 42.3 Å². The van der Waals surface area contributed by atoms with Gasteiger partial charge in [0.05, 0.1) is 12.7 Å². The molecule has 0 aromatic heterocycles. The first-order valence-corrected chi connectivity index (χ1v) is 10.3. The van der Waals surface area contributed by atoms with Crippen molar-refractivity contribution in [1.82, 2.24) is 4.90 Å². The number of benzene rings is 3. The number of methoxy groups -OCH3 is 1. The predicted octanol–water partition coefficient (Wildman–Crippen LogP) is 3.63. The molecule has 0 radical (unpaired) electrons. The number of carbonyl (C=O) groups is 2. The number of hydrogen-bond donors (Lipinski definition) is 2. The van der Waals surface area contributed by atoms with Crippen molar-refractivity contribution in [1.29, 1.82) is 0 Å². The molecule has 0 aliphatic carbocycles. The molecule has 0 saturated heterocycles. The fraction of sp³-hybridized carbons (Fsp3) is 0.200. The molecule has 0 fully saturated rings. The van der Waals surface area contributed by atoms with Crippen LogP contribution in [0.15, 0.2) is 66.7 Å². The van der Waals surface area contributed by atoms with E-state index in [0.717, 1.165) is 22.4 Å². The molecule has 1 atom stereocenters. The van der Waals surface area contributed by atoms with E-state index in [9.17, 15) is 9.59 Å². The smallest absolute Gasteiger partial charge is 0.258 e. The number of hydrogen-bond acceptors (Lipinski definition) is 5. The maximum atomic E-state index is 13.4. The summed E-state index contributed by atoms with van der Waals surface area (Å²) < 4.78 is 10.9. The van der Waals surface area contributed by atoms with Crippen LogP contribution in [0.2, 0.25) is 0 Å². The molecule has 3 aromatic rings. The number of fused-ring (bicyclic) bond motifs is 1. The number of rotatable bonds is 7. The van der Waals surface area contributed by atoms with Gasteiger partial charge in [-0.25, -0.2) is 0 Å². The van der Waals surface area contributed by atoms with Crippen LogP contribution in [-0.4, -0.2) is 30.4 Å². The van der Waals surface area contributed by atoms with E-state index in [-0.39, 0.29) is 12.5 Å². The number of ether oxygens (including phenoxy) is 2. The van der Waals surface area contributed by atoms with E-state index in [2.05, 4.69) is 5.32 Å². The average Bonchev–Trinajstić information content (AvgIpc) is 2.80. The first-order chi connectivity index (χ1) is 15.5. The van der Waals surface area contributed by atoms with Gasteiger partial charge in [0.2, 0.25) is 0 Å². The van der Waals surface area contributed by atoms with E-state index in [1.165, 1.54) is 7.11 Å². The highest BCUT2D eigenvalue weighted by atomic mass is 16.5. The van der Waals surface area contributed by atoms with Crippen LogP contribution < -0.4 is 20.5 Å². The molecule has 32 heavy (non-hydrogen) atoms. The van der Waals surface area contributed by atoms with Crippen molar-refractivity contribution >= 4 is 17.5 Å². The van der Waals surface area contributed by atoms with Gasteiger partial charge in [0.15, 0.2) is 18.1 Å². The Labute approximate surface area is 186 Å². The summed E-state index contributed by atoms with van der Waals surface area (Å²) >= 11 is 0. The lowest BCUT2D eigenvalue weighted by atomic mass is 10.0. The molecule has 0 bridgehead atoms. The molecule has 0 saturated carbocycles. The van der Waals surface area contributed by atoms with E-state index in [4.69, 9.17) is 15.2 Å². The van der Waals surface area contributed by atoms with Gasteiger partial charge < -0.3 is 25.4 Å². The second-order valence-corrected chi connectivity index (χ2v) is 7.68. The molecule has 1 heterocycles. The summed E-state index contributed by atoms with van der Waals surface area (Å²) in [6, 6.07) is 21.0. The quantitative estimate of drug-likeness (QED) is 0.596. The predicted molar refractivity (Wildman–Crippen MR) is 122 cm³/mol. The van der Waals surface area contributed by atoms with E-state index in [0.29, 0.717) is 23.6 Å².